The maximum atomic E-state index is 6.08. The van der Waals surface area contributed by atoms with E-state index in [4.69, 9.17) is 5.73 Å². The first-order valence-corrected chi connectivity index (χ1v) is 7.28. The molecule has 0 aliphatic heterocycles. The first-order chi connectivity index (χ1) is 8.66. The van der Waals surface area contributed by atoms with Gasteiger partial charge in [-0.05, 0) is 30.7 Å². The molecule has 0 fully saturated rings. The standard InChI is InChI=1S/C13H14BrN3S/c1-9(15)13(10-2-4-11(14)5-3-10)18-12-6-7-16-8-17-12/h2-9,13H,15H2,1H3. The SMILES string of the molecule is CC(N)C(Sc1ccncn1)c1ccc(Br)cc1. The Kier molecular flexibility index (Phi) is 4.74. The van der Waals surface area contributed by atoms with Crippen molar-refractivity contribution in [2.45, 2.75) is 23.2 Å². The quantitative estimate of drug-likeness (QED) is 0.692. The monoisotopic (exact) mass is 323 g/mol. The van der Waals surface area contributed by atoms with E-state index in [-0.39, 0.29) is 11.3 Å². The van der Waals surface area contributed by atoms with Gasteiger partial charge in [-0.3, -0.25) is 0 Å². The summed E-state index contributed by atoms with van der Waals surface area (Å²) < 4.78 is 1.07. The predicted molar refractivity (Wildman–Crippen MR) is 78.4 cm³/mol. The van der Waals surface area contributed by atoms with Crippen LogP contribution in [0.1, 0.15) is 17.7 Å². The van der Waals surface area contributed by atoms with Crippen LogP contribution in [0.15, 0.2) is 52.4 Å². The summed E-state index contributed by atoms with van der Waals surface area (Å²) in [6, 6.07) is 10.2. The van der Waals surface area contributed by atoms with E-state index in [2.05, 4.69) is 38.0 Å². The van der Waals surface area contributed by atoms with Crippen molar-refractivity contribution in [3.8, 4) is 0 Å². The van der Waals surface area contributed by atoms with Gasteiger partial charge >= 0.3 is 0 Å². The topological polar surface area (TPSA) is 51.8 Å². The average molecular weight is 324 g/mol. The fourth-order valence-corrected chi connectivity index (χ4v) is 2.89. The number of rotatable bonds is 4. The normalized spacial score (nSPS) is 14.2. The van der Waals surface area contributed by atoms with E-state index < -0.39 is 0 Å². The smallest absolute Gasteiger partial charge is 0.116 e. The van der Waals surface area contributed by atoms with Gasteiger partial charge in [-0.25, -0.2) is 9.97 Å². The van der Waals surface area contributed by atoms with Gasteiger partial charge in [0.25, 0.3) is 0 Å². The molecule has 0 aliphatic rings. The molecule has 2 aromatic rings. The molecule has 0 amide bonds. The van der Waals surface area contributed by atoms with Crippen LogP contribution in [-0.4, -0.2) is 16.0 Å². The summed E-state index contributed by atoms with van der Waals surface area (Å²) in [5.41, 5.74) is 7.28. The second-order valence-electron chi connectivity index (χ2n) is 4.00. The lowest BCUT2D eigenvalue weighted by atomic mass is 10.1. The van der Waals surface area contributed by atoms with Gasteiger partial charge < -0.3 is 5.73 Å². The highest BCUT2D eigenvalue weighted by molar-refractivity contribution is 9.10. The number of halogens is 1. The summed E-state index contributed by atoms with van der Waals surface area (Å²) in [7, 11) is 0. The van der Waals surface area contributed by atoms with Crippen molar-refractivity contribution in [3.05, 3.63) is 52.9 Å². The van der Waals surface area contributed by atoms with Crippen LogP contribution in [0.2, 0.25) is 0 Å². The number of aromatic nitrogens is 2. The van der Waals surface area contributed by atoms with Gasteiger partial charge in [0.15, 0.2) is 0 Å². The minimum absolute atomic E-state index is 0.0474. The van der Waals surface area contributed by atoms with Crippen molar-refractivity contribution in [2.24, 2.45) is 5.73 Å². The van der Waals surface area contributed by atoms with Crippen molar-refractivity contribution in [2.75, 3.05) is 0 Å². The molecule has 0 radical (unpaired) electrons. The van der Waals surface area contributed by atoms with Gasteiger partial charge in [-0.15, -0.1) is 0 Å². The van der Waals surface area contributed by atoms with Crippen molar-refractivity contribution in [3.63, 3.8) is 0 Å². The van der Waals surface area contributed by atoms with E-state index in [9.17, 15) is 0 Å². The summed E-state index contributed by atoms with van der Waals surface area (Å²) >= 11 is 5.10. The lowest BCUT2D eigenvalue weighted by Crippen LogP contribution is -2.22. The van der Waals surface area contributed by atoms with E-state index in [0.29, 0.717) is 0 Å². The molecule has 94 valence electrons. The lowest BCUT2D eigenvalue weighted by molar-refractivity contribution is 0.720. The van der Waals surface area contributed by atoms with Crippen LogP contribution in [0.5, 0.6) is 0 Å². The summed E-state index contributed by atoms with van der Waals surface area (Å²) in [5, 5.41) is 1.13. The molecule has 5 heteroatoms. The Morgan fingerprint density at radius 2 is 1.94 bits per heavy atom. The number of nitrogens with zero attached hydrogens (tertiary/aromatic N) is 2. The molecule has 2 unspecified atom stereocenters. The van der Waals surface area contributed by atoms with Gasteiger partial charge in [0.1, 0.15) is 6.33 Å². The van der Waals surface area contributed by atoms with Crippen molar-refractivity contribution >= 4 is 27.7 Å². The molecule has 1 heterocycles. The second-order valence-corrected chi connectivity index (χ2v) is 6.07. The van der Waals surface area contributed by atoms with Crippen LogP contribution in [0.25, 0.3) is 0 Å². The molecule has 0 saturated carbocycles. The third-order valence-corrected chi connectivity index (χ3v) is 4.45. The molecular formula is C13H14BrN3S. The number of hydrogen-bond acceptors (Lipinski definition) is 4. The summed E-state index contributed by atoms with van der Waals surface area (Å²) in [6.07, 6.45) is 3.30. The zero-order valence-corrected chi connectivity index (χ0v) is 12.4. The molecule has 0 spiro atoms. The van der Waals surface area contributed by atoms with E-state index in [1.165, 1.54) is 5.56 Å². The van der Waals surface area contributed by atoms with E-state index >= 15 is 0 Å². The van der Waals surface area contributed by atoms with Crippen molar-refractivity contribution < 1.29 is 0 Å². The van der Waals surface area contributed by atoms with Crippen molar-refractivity contribution in [1.29, 1.82) is 0 Å². The Balaban J connectivity index is 2.21. The highest BCUT2D eigenvalue weighted by Gasteiger charge is 2.18. The Morgan fingerprint density at radius 3 is 2.50 bits per heavy atom. The first kappa shape index (κ1) is 13.5. The van der Waals surface area contributed by atoms with Crippen molar-refractivity contribution in [1.82, 2.24) is 9.97 Å². The highest BCUT2D eigenvalue weighted by Crippen LogP contribution is 2.36. The molecule has 0 saturated heterocycles. The zero-order chi connectivity index (χ0) is 13.0. The lowest BCUT2D eigenvalue weighted by Gasteiger charge is -2.20. The van der Waals surface area contributed by atoms with Gasteiger partial charge in [0, 0.05) is 16.7 Å². The van der Waals surface area contributed by atoms with Crippen LogP contribution < -0.4 is 5.73 Å². The Labute approximate surface area is 119 Å². The Bertz CT molecular complexity index is 487. The molecular weight excluding hydrogens is 310 g/mol. The molecule has 18 heavy (non-hydrogen) atoms. The Morgan fingerprint density at radius 1 is 1.22 bits per heavy atom. The molecule has 3 nitrogen and oxygen atoms in total. The molecule has 2 rings (SSSR count). The second kappa shape index (κ2) is 6.31. The van der Waals surface area contributed by atoms with Gasteiger partial charge in [-0.2, -0.15) is 0 Å². The first-order valence-electron chi connectivity index (χ1n) is 5.60. The molecule has 0 aliphatic carbocycles. The molecule has 2 atom stereocenters. The third kappa shape index (κ3) is 3.54. The highest BCUT2D eigenvalue weighted by atomic mass is 79.9. The van der Waals surface area contributed by atoms with Gasteiger partial charge in [-0.1, -0.05) is 39.8 Å². The maximum absolute atomic E-state index is 6.08. The number of benzene rings is 1. The van der Waals surface area contributed by atoms with Gasteiger partial charge in [0.2, 0.25) is 0 Å². The predicted octanol–water partition coefficient (Wildman–Crippen LogP) is 3.42. The summed E-state index contributed by atoms with van der Waals surface area (Å²) in [5.74, 6) is 0. The van der Waals surface area contributed by atoms with E-state index in [0.717, 1.165) is 9.50 Å². The number of nitrogens with two attached hydrogens (primary N) is 1. The molecule has 0 bridgehead atoms. The van der Waals surface area contributed by atoms with Crippen LogP contribution in [0, 0.1) is 0 Å². The Hall–Kier alpha value is -0.910. The van der Waals surface area contributed by atoms with Gasteiger partial charge in [0.05, 0.1) is 10.3 Å². The summed E-state index contributed by atoms with van der Waals surface area (Å²) in [6.45, 7) is 2.01. The zero-order valence-electron chi connectivity index (χ0n) is 9.95. The minimum atomic E-state index is 0.0474. The fraction of sp³-hybridized carbons (Fsp3) is 0.231. The third-order valence-electron chi connectivity index (χ3n) is 2.48. The fourth-order valence-electron chi connectivity index (χ4n) is 1.61. The summed E-state index contributed by atoms with van der Waals surface area (Å²) in [4.78, 5) is 8.15. The number of thioether (sulfide) groups is 1. The molecule has 1 aromatic carbocycles. The van der Waals surface area contributed by atoms with Crippen LogP contribution >= 0.6 is 27.7 Å². The largest absolute Gasteiger partial charge is 0.327 e. The minimum Gasteiger partial charge on any atom is -0.327 e. The van der Waals surface area contributed by atoms with Crippen LogP contribution in [0.4, 0.5) is 0 Å². The van der Waals surface area contributed by atoms with E-state index in [1.54, 1.807) is 24.3 Å². The van der Waals surface area contributed by atoms with Crippen LogP contribution in [-0.2, 0) is 0 Å². The maximum Gasteiger partial charge on any atom is 0.116 e. The molecule has 1 aromatic heterocycles. The van der Waals surface area contributed by atoms with E-state index in [1.807, 2.05) is 25.1 Å². The van der Waals surface area contributed by atoms with Crippen LogP contribution in [0.3, 0.4) is 0 Å². The molecule has 2 N–H and O–H groups in total. The average Bonchev–Trinajstić information content (AvgIpc) is 2.38. The number of hydrogen-bond donors (Lipinski definition) is 1.